The number of pyridine rings is 2. The number of nitrogens with zero attached hydrogens (tertiary/aromatic N) is 4. The van der Waals surface area contributed by atoms with E-state index in [9.17, 15) is 9.59 Å². The first-order valence-corrected chi connectivity index (χ1v) is 14.0. The van der Waals surface area contributed by atoms with E-state index in [-0.39, 0.29) is 17.5 Å². The van der Waals surface area contributed by atoms with E-state index in [0.29, 0.717) is 55.9 Å². The summed E-state index contributed by atoms with van der Waals surface area (Å²) < 4.78 is 14.5. The topological polar surface area (TPSA) is 112 Å². The maximum atomic E-state index is 13.3. The molecule has 10 heteroatoms. The van der Waals surface area contributed by atoms with E-state index in [1.165, 1.54) is 7.11 Å². The molecule has 1 amide bonds. The van der Waals surface area contributed by atoms with Crippen molar-refractivity contribution in [1.82, 2.24) is 19.1 Å². The second kappa shape index (κ2) is 12.3. The Morgan fingerprint density at radius 3 is 2.69 bits per heavy atom. The Kier molecular flexibility index (Phi) is 7.96. The number of aromatic nitrogens is 4. The van der Waals surface area contributed by atoms with Crippen molar-refractivity contribution in [3.8, 4) is 5.82 Å². The van der Waals surface area contributed by atoms with Gasteiger partial charge >= 0.3 is 5.97 Å². The van der Waals surface area contributed by atoms with Crippen LogP contribution in [-0.4, -0.2) is 51.3 Å². The molecule has 5 heterocycles. The van der Waals surface area contributed by atoms with Gasteiger partial charge in [-0.25, -0.2) is 14.8 Å². The van der Waals surface area contributed by atoms with Crippen molar-refractivity contribution in [1.29, 1.82) is 0 Å². The van der Waals surface area contributed by atoms with Crippen LogP contribution in [0.1, 0.15) is 28.2 Å². The molecule has 1 saturated heterocycles. The lowest BCUT2D eigenvalue weighted by Gasteiger charge is -2.12. The van der Waals surface area contributed by atoms with Gasteiger partial charge in [0.05, 0.1) is 43.8 Å². The third-order valence-corrected chi connectivity index (χ3v) is 7.50. The van der Waals surface area contributed by atoms with Gasteiger partial charge in [-0.05, 0) is 48.7 Å². The van der Waals surface area contributed by atoms with E-state index in [0.717, 1.165) is 22.8 Å². The molecular weight excluding hydrogens is 532 g/mol. The summed E-state index contributed by atoms with van der Waals surface area (Å²) >= 11 is 0. The molecule has 0 radical (unpaired) electrons. The number of amides is 1. The Labute approximate surface area is 243 Å². The van der Waals surface area contributed by atoms with Crippen LogP contribution in [0.2, 0.25) is 0 Å². The molecule has 0 spiro atoms. The number of methoxy groups -OCH3 is 1. The summed E-state index contributed by atoms with van der Waals surface area (Å²) in [5.41, 5.74) is 4.13. The molecule has 4 aromatic heterocycles. The number of nitrogens with one attached hydrogen (secondary N) is 2. The molecular formula is C32H32N6O4. The van der Waals surface area contributed by atoms with Crippen molar-refractivity contribution >= 4 is 34.3 Å². The highest BCUT2D eigenvalue weighted by atomic mass is 16.5. The van der Waals surface area contributed by atoms with Crippen LogP contribution in [-0.2, 0) is 33.8 Å². The third kappa shape index (κ3) is 5.61. The Bertz CT molecular complexity index is 1690. The van der Waals surface area contributed by atoms with Crippen LogP contribution in [0.3, 0.4) is 0 Å². The highest BCUT2D eigenvalue weighted by Gasteiger charge is 2.30. The first-order chi connectivity index (χ1) is 20.6. The van der Waals surface area contributed by atoms with Crippen molar-refractivity contribution in [2.24, 2.45) is 5.92 Å². The number of hydrogen-bond donors (Lipinski definition) is 2. The van der Waals surface area contributed by atoms with Crippen molar-refractivity contribution in [2.45, 2.75) is 25.9 Å². The summed E-state index contributed by atoms with van der Waals surface area (Å²) in [5, 5.41) is 7.14. The van der Waals surface area contributed by atoms with Crippen molar-refractivity contribution in [2.75, 3.05) is 31.0 Å². The summed E-state index contributed by atoms with van der Waals surface area (Å²) in [7, 11) is 1.34. The Balaban J connectivity index is 1.36. The molecule has 6 rings (SSSR count). The third-order valence-electron chi connectivity index (χ3n) is 7.50. The molecule has 42 heavy (non-hydrogen) atoms. The zero-order valence-electron chi connectivity index (χ0n) is 23.3. The van der Waals surface area contributed by atoms with Gasteiger partial charge in [-0.2, -0.15) is 0 Å². The zero-order valence-corrected chi connectivity index (χ0v) is 23.3. The summed E-state index contributed by atoms with van der Waals surface area (Å²) in [4.78, 5) is 35.7. The van der Waals surface area contributed by atoms with Crippen LogP contribution in [0.4, 0.5) is 11.4 Å². The SMILES string of the molecule is COC(=O)c1c(NC(=O)C2CCOC2)c2cc(NCc3cccn3-c3ccccn3)cnc2n1CCc1ccccc1. The minimum Gasteiger partial charge on any atom is -0.464 e. The van der Waals surface area contributed by atoms with Crippen molar-refractivity contribution in [3.05, 3.63) is 102 Å². The summed E-state index contributed by atoms with van der Waals surface area (Å²) in [6, 6.07) is 21.7. The second-order valence-corrected chi connectivity index (χ2v) is 10.2. The smallest absolute Gasteiger partial charge is 0.356 e. The largest absolute Gasteiger partial charge is 0.464 e. The van der Waals surface area contributed by atoms with Crippen LogP contribution in [0.15, 0.2) is 85.3 Å². The molecule has 1 fully saturated rings. The van der Waals surface area contributed by atoms with Gasteiger partial charge in [0.1, 0.15) is 11.5 Å². The van der Waals surface area contributed by atoms with Gasteiger partial charge in [0.2, 0.25) is 5.91 Å². The fraction of sp³-hybridized carbons (Fsp3) is 0.250. The second-order valence-electron chi connectivity index (χ2n) is 10.2. The number of aryl methyl sites for hydroxylation is 2. The lowest BCUT2D eigenvalue weighted by atomic mass is 10.1. The number of fused-ring (bicyclic) bond motifs is 1. The number of esters is 1. The van der Waals surface area contributed by atoms with E-state index >= 15 is 0 Å². The first kappa shape index (κ1) is 27.2. The van der Waals surface area contributed by atoms with Crippen LogP contribution in [0.5, 0.6) is 0 Å². The quantitative estimate of drug-likeness (QED) is 0.234. The Hall–Kier alpha value is -4.96. The average molecular weight is 565 g/mol. The predicted molar refractivity (Wildman–Crippen MR) is 160 cm³/mol. The molecule has 10 nitrogen and oxygen atoms in total. The number of rotatable bonds is 10. The van der Waals surface area contributed by atoms with Crippen molar-refractivity contribution < 1.29 is 19.1 Å². The minimum absolute atomic E-state index is 0.189. The summed E-state index contributed by atoms with van der Waals surface area (Å²) in [5.74, 6) is -0.188. The van der Waals surface area contributed by atoms with Crippen LogP contribution in [0.25, 0.3) is 16.9 Å². The highest BCUT2D eigenvalue weighted by Crippen LogP contribution is 2.34. The predicted octanol–water partition coefficient (Wildman–Crippen LogP) is 4.84. The van der Waals surface area contributed by atoms with Crippen molar-refractivity contribution in [3.63, 3.8) is 0 Å². The lowest BCUT2D eigenvalue weighted by Crippen LogP contribution is -2.24. The molecule has 1 unspecified atom stereocenters. The van der Waals surface area contributed by atoms with Gasteiger partial charge < -0.3 is 29.2 Å². The number of benzene rings is 1. The highest BCUT2D eigenvalue weighted by molar-refractivity contribution is 6.11. The maximum absolute atomic E-state index is 13.3. The van der Waals surface area contributed by atoms with Gasteiger partial charge in [0.25, 0.3) is 0 Å². The first-order valence-electron chi connectivity index (χ1n) is 14.0. The molecule has 1 aromatic carbocycles. The average Bonchev–Trinajstić information content (AvgIpc) is 3.80. The minimum atomic E-state index is -0.540. The van der Waals surface area contributed by atoms with E-state index in [2.05, 4.69) is 15.6 Å². The lowest BCUT2D eigenvalue weighted by molar-refractivity contribution is -0.119. The van der Waals surface area contributed by atoms with Gasteiger partial charge in [-0.1, -0.05) is 36.4 Å². The van der Waals surface area contributed by atoms with Gasteiger partial charge in [0.15, 0.2) is 5.69 Å². The van der Waals surface area contributed by atoms with Crippen LogP contribution >= 0.6 is 0 Å². The monoisotopic (exact) mass is 564 g/mol. The number of carbonyl (C=O) groups excluding carboxylic acids is 2. The molecule has 214 valence electrons. The standard InChI is InChI=1S/C32H32N6O4/c1-41-32(40)29-28(36-31(39)23-13-17-42-21-23)26-18-24(19-35-30(26)38(29)16-12-22-8-3-2-4-9-22)34-20-25-10-7-15-37(25)27-11-5-6-14-33-27/h2-11,14-15,18-19,23,34H,12-13,16-17,20-21H2,1H3,(H,36,39). The summed E-state index contributed by atoms with van der Waals surface area (Å²) in [6.45, 7) is 1.88. The Morgan fingerprint density at radius 2 is 1.93 bits per heavy atom. The van der Waals surface area contributed by atoms with E-state index < -0.39 is 5.97 Å². The van der Waals surface area contributed by atoms with E-state index in [1.54, 1.807) is 12.4 Å². The van der Waals surface area contributed by atoms with Gasteiger partial charge in [-0.15, -0.1) is 0 Å². The summed E-state index contributed by atoms with van der Waals surface area (Å²) in [6.07, 6.45) is 6.78. The molecule has 2 N–H and O–H groups in total. The van der Waals surface area contributed by atoms with Crippen LogP contribution < -0.4 is 10.6 Å². The molecule has 0 saturated carbocycles. The molecule has 5 aromatic rings. The fourth-order valence-corrected chi connectivity index (χ4v) is 5.30. The molecule has 0 bridgehead atoms. The molecule has 1 atom stereocenters. The molecule has 1 aliphatic heterocycles. The number of hydrogen-bond acceptors (Lipinski definition) is 7. The van der Waals surface area contributed by atoms with E-state index in [1.807, 2.05) is 82.1 Å². The molecule has 1 aliphatic rings. The maximum Gasteiger partial charge on any atom is 0.356 e. The fourth-order valence-electron chi connectivity index (χ4n) is 5.30. The molecule has 0 aliphatic carbocycles. The number of ether oxygens (including phenoxy) is 2. The number of carbonyl (C=O) groups is 2. The normalized spacial score (nSPS) is 14.6. The van der Waals surface area contributed by atoms with E-state index in [4.69, 9.17) is 14.5 Å². The Morgan fingerprint density at radius 1 is 1.07 bits per heavy atom. The van der Waals surface area contributed by atoms with Gasteiger partial charge in [-0.3, -0.25) is 4.79 Å². The van der Waals surface area contributed by atoms with Gasteiger partial charge in [0, 0.05) is 36.6 Å². The number of anilines is 2. The zero-order chi connectivity index (χ0) is 28.9. The van der Waals surface area contributed by atoms with Crippen LogP contribution in [0, 0.1) is 5.92 Å².